The van der Waals surface area contributed by atoms with Crippen LogP contribution in [0.3, 0.4) is 0 Å². The zero-order valence-electron chi connectivity index (χ0n) is 8.88. The summed E-state index contributed by atoms with van der Waals surface area (Å²) in [5.41, 5.74) is 1.10. The second-order valence-corrected chi connectivity index (χ2v) is 6.28. The molecule has 0 atom stereocenters. The van der Waals surface area contributed by atoms with E-state index in [0.29, 0.717) is 21.2 Å². The maximum absolute atomic E-state index is 6.17. The predicted octanol–water partition coefficient (Wildman–Crippen LogP) is 7.93. The standard InChI is InChI=1S/C12H3Cl7/c13-5-2-1-4(3-6(5)14)7-8(15)10(17)12(19)11(18)9(7)16/h1-3H. The van der Waals surface area contributed by atoms with E-state index >= 15 is 0 Å². The van der Waals surface area contributed by atoms with Crippen LogP contribution >= 0.6 is 81.2 Å². The normalized spacial score (nSPS) is 10.9. The van der Waals surface area contributed by atoms with Gasteiger partial charge < -0.3 is 0 Å². The van der Waals surface area contributed by atoms with Crippen molar-refractivity contribution in [2.75, 3.05) is 0 Å². The molecule has 0 N–H and O–H groups in total. The highest BCUT2D eigenvalue weighted by atomic mass is 35.5. The fourth-order valence-corrected chi connectivity index (χ4v) is 3.16. The maximum Gasteiger partial charge on any atom is 0.0809 e. The van der Waals surface area contributed by atoms with Crippen molar-refractivity contribution in [3.8, 4) is 11.1 Å². The van der Waals surface area contributed by atoms with Crippen LogP contribution in [0.4, 0.5) is 0 Å². The van der Waals surface area contributed by atoms with Gasteiger partial charge in [0.15, 0.2) is 0 Å². The minimum Gasteiger partial charge on any atom is -0.0827 e. The molecule has 0 aliphatic rings. The van der Waals surface area contributed by atoms with Gasteiger partial charge in [-0.05, 0) is 17.7 Å². The Balaban J connectivity index is 2.79. The van der Waals surface area contributed by atoms with Crippen LogP contribution in [0.15, 0.2) is 18.2 Å². The number of hydrogen-bond acceptors (Lipinski definition) is 0. The molecule has 2 rings (SSSR count). The van der Waals surface area contributed by atoms with Crippen molar-refractivity contribution >= 4 is 81.2 Å². The second kappa shape index (κ2) is 6.07. The molecule has 100 valence electrons. The first-order valence-electron chi connectivity index (χ1n) is 4.81. The molecule has 0 aromatic heterocycles. The van der Waals surface area contributed by atoms with E-state index in [1.54, 1.807) is 18.2 Å². The minimum absolute atomic E-state index is 0.113. The molecule has 19 heavy (non-hydrogen) atoms. The summed E-state index contributed by atoms with van der Waals surface area (Å²) in [5, 5.41) is 1.59. The quantitative estimate of drug-likeness (QED) is 0.340. The summed E-state index contributed by atoms with van der Waals surface area (Å²) in [7, 11) is 0. The summed E-state index contributed by atoms with van der Waals surface area (Å²) in [5.74, 6) is 0. The highest BCUT2D eigenvalue weighted by Crippen LogP contribution is 2.48. The Labute approximate surface area is 145 Å². The second-order valence-electron chi connectivity index (χ2n) is 3.57. The summed E-state index contributed by atoms with van der Waals surface area (Å²) >= 11 is 42.1. The predicted molar refractivity (Wildman–Crippen MR) is 86.9 cm³/mol. The molecule has 0 unspecified atom stereocenters. The van der Waals surface area contributed by atoms with E-state index in [1.807, 2.05) is 0 Å². The molecule has 0 fully saturated rings. The van der Waals surface area contributed by atoms with Gasteiger partial charge in [0.05, 0.1) is 35.2 Å². The summed E-state index contributed by atoms with van der Waals surface area (Å²) in [4.78, 5) is 0. The van der Waals surface area contributed by atoms with E-state index in [0.717, 1.165) is 0 Å². The Morgan fingerprint density at radius 2 is 1.00 bits per heavy atom. The van der Waals surface area contributed by atoms with Crippen molar-refractivity contribution in [2.45, 2.75) is 0 Å². The van der Waals surface area contributed by atoms with Gasteiger partial charge in [0, 0.05) is 5.56 Å². The molecule has 0 aliphatic carbocycles. The van der Waals surface area contributed by atoms with Crippen LogP contribution in [0, 0.1) is 0 Å². The van der Waals surface area contributed by atoms with E-state index in [1.165, 1.54) is 0 Å². The lowest BCUT2D eigenvalue weighted by molar-refractivity contribution is 1.61. The van der Waals surface area contributed by atoms with Gasteiger partial charge in [-0.25, -0.2) is 0 Å². The van der Waals surface area contributed by atoms with Crippen LogP contribution < -0.4 is 0 Å². The Bertz CT molecular complexity index is 635. The van der Waals surface area contributed by atoms with Crippen molar-refractivity contribution in [2.24, 2.45) is 0 Å². The Morgan fingerprint density at radius 1 is 0.526 bits per heavy atom. The van der Waals surface area contributed by atoms with Gasteiger partial charge in [0.25, 0.3) is 0 Å². The van der Waals surface area contributed by atoms with Crippen LogP contribution in [-0.4, -0.2) is 0 Å². The van der Waals surface area contributed by atoms with Crippen LogP contribution in [0.25, 0.3) is 11.1 Å². The van der Waals surface area contributed by atoms with Crippen LogP contribution in [0.5, 0.6) is 0 Å². The molecule has 2 aromatic rings. The van der Waals surface area contributed by atoms with Gasteiger partial charge in [-0.2, -0.15) is 0 Å². The third-order valence-corrected chi connectivity index (χ3v) is 5.43. The number of benzene rings is 2. The Hall–Kier alpha value is 0.470. The maximum atomic E-state index is 6.17. The fourth-order valence-electron chi connectivity index (χ4n) is 1.51. The molecule has 0 amide bonds. The zero-order chi connectivity index (χ0) is 14.3. The monoisotopic (exact) mass is 392 g/mol. The van der Waals surface area contributed by atoms with Crippen molar-refractivity contribution in [1.29, 1.82) is 0 Å². The molecular weight excluding hydrogens is 392 g/mol. The molecule has 0 radical (unpaired) electrons. The van der Waals surface area contributed by atoms with Crippen molar-refractivity contribution in [3.05, 3.63) is 53.4 Å². The lowest BCUT2D eigenvalue weighted by Crippen LogP contribution is -1.87. The summed E-state index contributed by atoms with van der Waals surface area (Å²) in [6.45, 7) is 0. The average Bonchev–Trinajstić information content (AvgIpc) is 2.38. The molecule has 0 saturated heterocycles. The Morgan fingerprint density at radius 3 is 1.47 bits per heavy atom. The van der Waals surface area contributed by atoms with E-state index in [-0.39, 0.29) is 25.1 Å². The number of hydrogen-bond donors (Lipinski definition) is 0. The molecule has 2 aromatic carbocycles. The van der Waals surface area contributed by atoms with Crippen molar-refractivity contribution < 1.29 is 0 Å². The summed E-state index contributed by atoms with van der Waals surface area (Å²) < 4.78 is 0. The lowest BCUT2D eigenvalue weighted by atomic mass is 10.1. The van der Waals surface area contributed by atoms with Crippen LogP contribution in [0.2, 0.25) is 35.2 Å². The van der Waals surface area contributed by atoms with Gasteiger partial charge in [-0.1, -0.05) is 87.3 Å². The summed E-state index contributed by atoms with van der Waals surface area (Å²) in [6, 6.07) is 4.96. The highest BCUT2D eigenvalue weighted by Gasteiger charge is 2.20. The smallest absolute Gasteiger partial charge is 0.0809 e. The van der Waals surface area contributed by atoms with Gasteiger partial charge in [-0.15, -0.1) is 0 Å². The first-order chi connectivity index (χ1) is 8.84. The SMILES string of the molecule is Clc1ccc(-c2c(Cl)c(Cl)c(Cl)c(Cl)c2Cl)cc1Cl. The van der Waals surface area contributed by atoms with E-state index in [4.69, 9.17) is 81.2 Å². The van der Waals surface area contributed by atoms with Crippen LogP contribution in [0.1, 0.15) is 0 Å². The van der Waals surface area contributed by atoms with Crippen molar-refractivity contribution in [1.82, 2.24) is 0 Å². The molecule has 0 heterocycles. The third-order valence-electron chi connectivity index (χ3n) is 2.42. The number of halogens is 7. The molecule has 0 saturated carbocycles. The lowest BCUT2D eigenvalue weighted by Gasteiger charge is -2.13. The van der Waals surface area contributed by atoms with Gasteiger partial charge >= 0.3 is 0 Å². The van der Waals surface area contributed by atoms with E-state index < -0.39 is 0 Å². The van der Waals surface area contributed by atoms with Gasteiger partial charge in [0.2, 0.25) is 0 Å². The highest BCUT2D eigenvalue weighted by molar-refractivity contribution is 6.56. The first kappa shape index (κ1) is 15.9. The molecular formula is C12H3Cl7. The first-order valence-corrected chi connectivity index (χ1v) is 7.46. The molecule has 0 bridgehead atoms. The molecule has 0 spiro atoms. The average molecular weight is 395 g/mol. The largest absolute Gasteiger partial charge is 0.0827 e. The van der Waals surface area contributed by atoms with Gasteiger partial charge in [-0.3, -0.25) is 0 Å². The van der Waals surface area contributed by atoms with E-state index in [9.17, 15) is 0 Å². The molecule has 7 heteroatoms. The summed E-state index contributed by atoms with van der Waals surface area (Å²) in [6.07, 6.45) is 0. The minimum atomic E-state index is 0.113. The van der Waals surface area contributed by atoms with E-state index in [2.05, 4.69) is 0 Å². The molecule has 0 aliphatic heterocycles. The van der Waals surface area contributed by atoms with Crippen molar-refractivity contribution in [3.63, 3.8) is 0 Å². The zero-order valence-corrected chi connectivity index (χ0v) is 14.2. The fraction of sp³-hybridized carbons (Fsp3) is 0. The van der Waals surface area contributed by atoms with Gasteiger partial charge in [0.1, 0.15) is 0 Å². The third kappa shape index (κ3) is 2.91. The Kier molecular flexibility index (Phi) is 5.07. The molecule has 0 nitrogen and oxygen atoms in total. The number of rotatable bonds is 1. The van der Waals surface area contributed by atoms with Crippen LogP contribution in [-0.2, 0) is 0 Å². The topological polar surface area (TPSA) is 0 Å².